The third kappa shape index (κ3) is 5.65. The first-order valence-corrected chi connectivity index (χ1v) is 10.8. The summed E-state index contributed by atoms with van der Waals surface area (Å²) in [6.07, 6.45) is 2.82. The highest BCUT2D eigenvalue weighted by Gasteiger charge is 2.37. The number of piperidine rings is 1. The molecule has 1 saturated heterocycles. The summed E-state index contributed by atoms with van der Waals surface area (Å²) in [5, 5.41) is 9.11. The summed E-state index contributed by atoms with van der Waals surface area (Å²) in [6.45, 7) is 8.82. The van der Waals surface area contributed by atoms with E-state index >= 15 is 8.78 Å². The first-order valence-electron chi connectivity index (χ1n) is 10.8. The SMILES string of the molecule is CCCC(CC)CC(F)(F)/C(C)=C1\CN(c2ccc(F)c(C#N)c2)CCC1=NCC. The summed E-state index contributed by atoms with van der Waals surface area (Å²) in [5.41, 5.74) is 2.00. The van der Waals surface area contributed by atoms with Crippen molar-refractivity contribution in [3.63, 3.8) is 0 Å². The molecule has 0 N–H and O–H groups in total. The maximum absolute atomic E-state index is 15.3. The van der Waals surface area contributed by atoms with Crippen LogP contribution in [0.1, 0.15) is 65.4 Å². The van der Waals surface area contributed by atoms with Crippen molar-refractivity contribution in [1.82, 2.24) is 0 Å². The number of allylic oxidation sites excluding steroid dienone is 1. The summed E-state index contributed by atoms with van der Waals surface area (Å²) < 4.78 is 44.2. The maximum Gasteiger partial charge on any atom is 0.270 e. The Labute approximate surface area is 178 Å². The Morgan fingerprint density at radius 3 is 2.63 bits per heavy atom. The van der Waals surface area contributed by atoms with Crippen LogP contribution in [0.2, 0.25) is 0 Å². The molecule has 0 radical (unpaired) electrons. The number of rotatable bonds is 8. The molecular weight excluding hydrogens is 387 g/mol. The molecule has 1 unspecified atom stereocenters. The second-order valence-corrected chi connectivity index (χ2v) is 7.94. The second-order valence-electron chi connectivity index (χ2n) is 7.94. The quantitative estimate of drug-likeness (QED) is 0.480. The van der Waals surface area contributed by atoms with E-state index in [2.05, 4.69) is 4.99 Å². The molecule has 0 aromatic heterocycles. The Bertz CT molecular complexity index is 837. The third-order valence-electron chi connectivity index (χ3n) is 5.92. The first kappa shape index (κ1) is 24.0. The Hall–Kier alpha value is -2.29. The van der Waals surface area contributed by atoms with Crippen LogP contribution < -0.4 is 4.90 Å². The minimum atomic E-state index is -2.90. The molecule has 2 rings (SSSR count). The lowest BCUT2D eigenvalue weighted by Crippen LogP contribution is -2.38. The predicted molar refractivity (Wildman–Crippen MR) is 117 cm³/mol. The molecule has 0 amide bonds. The van der Waals surface area contributed by atoms with Crippen LogP contribution in [0.4, 0.5) is 18.9 Å². The van der Waals surface area contributed by atoms with Gasteiger partial charge < -0.3 is 4.90 Å². The van der Waals surface area contributed by atoms with E-state index < -0.39 is 11.7 Å². The molecular formula is C24H32F3N3. The average molecular weight is 420 g/mol. The molecule has 6 heteroatoms. The van der Waals surface area contributed by atoms with Gasteiger partial charge in [-0.15, -0.1) is 0 Å². The number of halogens is 3. The number of hydrogen-bond acceptors (Lipinski definition) is 3. The molecule has 1 aliphatic heterocycles. The highest BCUT2D eigenvalue weighted by atomic mass is 19.3. The summed E-state index contributed by atoms with van der Waals surface area (Å²) in [4.78, 5) is 6.42. The monoisotopic (exact) mass is 419 g/mol. The number of hydrogen-bond donors (Lipinski definition) is 0. The highest BCUT2D eigenvalue weighted by Crippen LogP contribution is 2.37. The largest absolute Gasteiger partial charge is 0.367 e. The van der Waals surface area contributed by atoms with Gasteiger partial charge >= 0.3 is 0 Å². The zero-order valence-corrected chi connectivity index (χ0v) is 18.4. The van der Waals surface area contributed by atoms with Gasteiger partial charge in [-0.1, -0.05) is 33.1 Å². The zero-order chi connectivity index (χ0) is 22.3. The Morgan fingerprint density at radius 1 is 1.30 bits per heavy atom. The molecule has 1 aliphatic rings. The van der Waals surface area contributed by atoms with Gasteiger partial charge in [-0.3, -0.25) is 4.99 Å². The molecule has 1 fully saturated rings. The molecule has 3 nitrogen and oxygen atoms in total. The van der Waals surface area contributed by atoms with Gasteiger partial charge in [0.25, 0.3) is 5.92 Å². The Morgan fingerprint density at radius 2 is 2.03 bits per heavy atom. The molecule has 1 atom stereocenters. The normalized spacial score (nSPS) is 19.0. The van der Waals surface area contributed by atoms with Crippen molar-refractivity contribution in [3.05, 3.63) is 40.7 Å². The van der Waals surface area contributed by atoms with E-state index in [0.717, 1.165) is 25.0 Å². The van der Waals surface area contributed by atoms with Crippen LogP contribution in [0.3, 0.4) is 0 Å². The second kappa shape index (κ2) is 10.7. The fourth-order valence-electron chi connectivity index (χ4n) is 4.06. The number of alkyl halides is 2. The maximum atomic E-state index is 15.3. The number of anilines is 1. The van der Waals surface area contributed by atoms with E-state index in [1.807, 2.05) is 31.7 Å². The van der Waals surface area contributed by atoms with Crippen molar-refractivity contribution in [2.24, 2.45) is 10.9 Å². The number of benzene rings is 1. The van der Waals surface area contributed by atoms with Crippen molar-refractivity contribution >= 4 is 11.4 Å². The van der Waals surface area contributed by atoms with Crippen molar-refractivity contribution in [3.8, 4) is 6.07 Å². The average Bonchev–Trinajstić information content (AvgIpc) is 2.73. The van der Waals surface area contributed by atoms with E-state index in [9.17, 15) is 4.39 Å². The van der Waals surface area contributed by atoms with E-state index in [4.69, 9.17) is 5.26 Å². The van der Waals surface area contributed by atoms with E-state index in [0.29, 0.717) is 30.8 Å². The summed E-state index contributed by atoms with van der Waals surface area (Å²) >= 11 is 0. The van der Waals surface area contributed by atoms with Gasteiger partial charge in [0.05, 0.1) is 5.56 Å². The van der Waals surface area contributed by atoms with Crippen molar-refractivity contribution in [2.45, 2.75) is 65.7 Å². The van der Waals surface area contributed by atoms with Gasteiger partial charge in [-0.2, -0.15) is 5.26 Å². The van der Waals surface area contributed by atoms with Crippen LogP contribution >= 0.6 is 0 Å². The molecule has 0 bridgehead atoms. The molecule has 0 saturated carbocycles. The first-order chi connectivity index (χ1) is 14.3. The van der Waals surface area contributed by atoms with E-state index in [1.54, 1.807) is 6.07 Å². The minimum Gasteiger partial charge on any atom is -0.367 e. The fourth-order valence-corrected chi connectivity index (χ4v) is 4.06. The Balaban J connectivity index is 2.39. The molecule has 30 heavy (non-hydrogen) atoms. The molecule has 1 heterocycles. The van der Waals surface area contributed by atoms with Gasteiger partial charge in [0.2, 0.25) is 0 Å². The number of nitriles is 1. The van der Waals surface area contributed by atoms with Crippen LogP contribution in [-0.2, 0) is 0 Å². The van der Waals surface area contributed by atoms with E-state index in [-0.39, 0.29) is 30.0 Å². The van der Waals surface area contributed by atoms with Crippen molar-refractivity contribution < 1.29 is 13.2 Å². The summed E-state index contributed by atoms with van der Waals surface area (Å²) in [5.74, 6) is -3.49. The van der Waals surface area contributed by atoms with Crippen molar-refractivity contribution in [2.75, 3.05) is 24.5 Å². The number of nitrogens with zero attached hydrogens (tertiary/aromatic N) is 3. The van der Waals surface area contributed by atoms with Gasteiger partial charge in [0, 0.05) is 49.4 Å². The van der Waals surface area contributed by atoms with Crippen molar-refractivity contribution in [1.29, 1.82) is 5.26 Å². The fraction of sp³-hybridized carbons (Fsp3) is 0.583. The Kier molecular flexibility index (Phi) is 8.52. The van der Waals surface area contributed by atoms with Crippen LogP contribution in [0.5, 0.6) is 0 Å². The topological polar surface area (TPSA) is 39.4 Å². The lowest BCUT2D eigenvalue weighted by Gasteiger charge is -2.34. The highest BCUT2D eigenvalue weighted by molar-refractivity contribution is 6.03. The third-order valence-corrected chi connectivity index (χ3v) is 5.92. The summed E-state index contributed by atoms with van der Waals surface area (Å²) in [7, 11) is 0. The lowest BCUT2D eigenvalue weighted by molar-refractivity contribution is 0.0123. The van der Waals surface area contributed by atoms with Gasteiger partial charge in [-0.05, 0) is 43.5 Å². The number of aliphatic imine (C=N–C) groups is 1. The molecule has 0 aliphatic carbocycles. The standard InChI is InChI=1S/C24H32F3N3/c1-5-8-18(6-2)14-24(26,27)17(4)21-16-30(12-11-23(21)29-7-3)20-9-10-22(25)19(13-20)15-28/h9-10,13,18H,5-8,11-12,14,16H2,1-4H3/b21-17+,29-23?. The summed E-state index contributed by atoms with van der Waals surface area (Å²) in [6, 6.07) is 6.18. The lowest BCUT2D eigenvalue weighted by atomic mass is 9.87. The van der Waals surface area contributed by atoms with Gasteiger partial charge in [-0.25, -0.2) is 13.2 Å². The molecule has 1 aromatic rings. The van der Waals surface area contributed by atoms with Crippen LogP contribution in [0.15, 0.2) is 34.3 Å². The van der Waals surface area contributed by atoms with Crippen LogP contribution in [0.25, 0.3) is 0 Å². The van der Waals surface area contributed by atoms with E-state index in [1.165, 1.54) is 19.1 Å². The van der Waals surface area contributed by atoms with Crippen LogP contribution in [0, 0.1) is 23.1 Å². The van der Waals surface area contributed by atoms with Gasteiger partial charge in [0.1, 0.15) is 11.9 Å². The zero-order valence-electron chi connectivity index (χ0n) is 18.4. The minimum absolute atomic E-state index is 0.0120. The smallest absolute Gasteiger partial charge is 0.270 e. The molecule has 0 spiro atoms. The molecule has 1 aromatic carbocycles. The van der Waals surface area contributed by atoms with Crippen LogP contribution in [-0.4, -0.2) is 31.3 Å². The molecule has 164 valence electrons. The predicted octanol–water partition coefficient (Wildman–Crippen LogP) is 6.54. The van der Waals surface area contributed by atoms with Gasteiger partial charge in [0.15, 0.2) is 0 Å².